The van der Waals surface area contributed by atoms with Crippen molar-refractivity contribution in [3.8, 4) is 0 Å². The number of nitrogens with two attached hydrogens (primary N) is 1. The summed E-state index contributed by atoms with van der Waals surface area (Å²) in [5.41, 5.74) is 7.98. The number of nitrogens with one attached hydrogen (secondary N) is 1. The smallest absolute Gasteiger partial charge is 0.291 e. The first kappa shape index (κ1) is 12.2. The highest BCUT2D eigenvalue weighted by Crippen LogP contribution is 2.20. The minimum absolute atomic E-state index is 0.285. The van der Waals surface area contributed by atoms with Gasteiger partial charge in [-0.1, -0.05) is 13.0 Å². The number of carbonyl (C=O) groups excluding carboxylic acids is 1. The topological polar surface area (TPSA) is 68.3 Å². The molecule has 0 aliphatic heterocycles. The molecule has 0 radical (unpaired) electrons. The lowest BCUT2D eigenvalue weighted by molar-refractivity contribution is 0.0995. The predicted molar refractivity (Wildman–Crippen MR) is 71.6 cm³/mol. The molecule has 1 heterocycles. The zero-order valence-electron chi connectivity index (χ0n) is 10.5. The zero-order valence-corrected chi connectivity index (χ0v) is 10.5. The van der Waals surface area contributed by atoms with Gasteiger partial charge in [0.05, 0.1) is 11.4 Å². The Morgan fingerprint density at radius 2 is 2.11 bits per heavy atom. The molecule has 18 heavy (non-hydrogen) atoms. The summed E-state index contributed by atoms with van der Waals surface area (Å²) in [6.45, 7) is 3.91. The third kappa shape index (κ3) is 2.53. The van der Waals surface area contributed by atoms with E-state index in [-0.39, 0.29) is 5.91 Å². The summed E-state index contributed by atoms with van der Waals surface area (Å²) in [6.07, 6.45) is 0.764. The van der Waals surface area contributed by atoms with Gasteiger partial charge >= 0.3 is 0 Å². The van der Waals surface area contributed by atoms with Crippen LogP contribution in [0.2, 0.25) is 0 Å². The number of furan rings is 1. The lowest BCUT2D eigenvalue weighted by Crippen LogP contribution is -2.12. The fourth-order valence-corrected chi connectivity index (χ4v) is 1.65. The molecular weight excluding hydrogens is 228 g/mol. The number of hydrogen-bond donors (Lipinski definition) is 2. The highest BCUT2D eigenvalue weighted by Gasteiger charge is 2.12. The summed E-state index contributed by atoms with van der Waals surface area (Å²) in [5, 5.41) is 2.75. The summed E-state index contributed by atoms with van der Waals surface area (Å²) < 4.78 is 5.38. The van der Waals surface area contributed by atoms with Crippen molar-refractivity contribution in [2.75, 3.05) is 11.1 Å². The number of benzene rings is 1. The van der Waals surface area contributed by atoms with E-state index in [0.29, 0.717) is 17.1 Å². The molecule has 1 aromatic heterocycles. The molecule has 0 atom stereocenters. The molecule has 0 aliphatic carbocycles. The van der Waals surface area contributed by atoms with E-state index in [2.05, 4.69) is 5.32 Å². The Balaban J connectivity index is 2.18. The van der Waals surface area contributed by atoms with E-state index in [1.807, 2.05) is 26.0 Å². The van der Waals surface area contributed by atoms with Crippen LogP contribution >= 0.6 is 0 Å². The van der Waals surface area contributed by atoms with Crippen molar-refractivity contribution in [3.05, 3.63) is 47.4 Å². The van der Waals surface area contributed by atoms with Gasteiger partial charge in [-0.15, -0.1) is 0 Å². The van der Waals surface area contributed by atoms with E-state index in [1.54, 1.807) is 18.2 Å². The van der Waals surface area contributed by atoms with Gasteiger partial charge in [0.1, 0.15) is 5.76 Å². The highest BCUT2D eigenvalue weighted by atomic mass is 16.3. The predicted octanol–water partition coefficient (Wildman–Crippen LogP) is 2.98. The molecule has 94 valence electrons. The molecule has 0 bridgehead atoms. The maximum atomic E-state index is 11.9. The van der Waals surface area contributed by atoms with Gasteiger partial charge in [-0.05, 0) is 36.8 Å². The van der Waals surface area contributed by atoms with Crippen molar-refractivity contribution in [3.63, 3.8) is 0 Å². The fourth-order valence-electron chi connectivity index (χ4n) is 1.65. The normalized spacial score (nSPS) is 10.3. The quantitative estimate of drug-likeness (QED) is 0.815. The molecule has 0 aliphatic rings. The van der Waals surface area contributed by atoms with E-state index in [0.717, 1.165) is 17.7 Å². The van der Waals surface area contributed by atoms with Gasteiger partial charge in [0, 0.05) is 6.42 Å². The Morgan fingerprint density at radius 3 is 2.78 bits per heavy atom. The van der Waals surface area contributed by atoms with E-state index >= 15 is 0 Å². The average molecular weight is 244 g/mol. The largest absolute Gasteiger partial charge is 0.456 e. The zero-order chi connectivity index (χ0) is 13.1. The molecule has 3 N–H and O–H groups in total. The minimum atomic E-state index is -0.285. The van der Waals surface area contributed by atoms with Gasteiger partial charge < -0.3 is 15.5 Å². The summed E-state index contributed by atoms with van der Waals surface area (Å²) in [7, 11) is 0. The summed E-state index contributed by atoms with van der Waals surface area (Å²) >= 11 is 0. The molecule has 0 saturated carbocycles. The van der Waals surface area contributed by atoms with Gasteiger partial charge in [0.2, 0.25) is 0 Å². The van der Waals surface area contributed by atoms with Crippen LogP contribution in [0.1, 0.15) is 28.8 Å². The monoisotopic (exact) mass is 244 g/mol. The lowest BCUT2D eigenvalue weighted by Gasteiger charge is -2.07. The number of hydrogen-bond acceptors (Lipinski definition) is 3. The summed E-state index contributed by atoms with van der Waals surface area (Å²) in [6, 6.07) is 8.96. The minimum Gasteiger partial charge on any atom is -0.456 e. The maximum Gasteiger partial charge on any atom is 0.291 e. The van der Waals surface area contributed by atoms with Gasteiger partial charge in [0.25, 0.3) is 5.91 Å². The molecule has 0 spiro atoms. The molecule has 0 unspecified atom stereocenters. The van der Waals surface area contributed by atoms with Gasteiger partial charge in [-0.2, -0.15) is 0 Å². The maximum absolute atomic E-state index is 11.9. The molecule has 0 fully saturated rings. The van der Waals surface area contributed by atoms with Crippen molar-refractivity contribution < 1.29 is 9.21 Å². The Morgan fingerprint density at radius 1 is 1.33 bits per heavy atom. The molecule has 0 saturated heterocycles. The molecule has 2 rings (SSSR count). The number of amides is 1. The summed E-state index contributed by atoms with van der Waals surface area (Å²) in [4.78, 5) is 11.9. The fraction of sp³-hybridized carbons (Fsp3) is 0.214. The van der Waals surface area contributed by atoms with Crippen LogP contribution in [0.15, 0.2) is 34.7 Å². The molecule has 4 nitrogen and oxygen atoms in total. The first-order valence-corrected chi connectivity index (χ1v) is 5.86. The van der Waals surface area contributed by atoms with Gasteiger partial charge in [-0.25, -0.2) is 0 Å². The van der Waals surface area contributed by atoms with Crippen molar-refractivity contribution >= 4 is 17.3 Å². The van der Waals surface area contributed by atoms with Gasteiger partial charge in [-0.3, -0.25) is 4.79 Å². The SMILES string of the molecule is CCc1ccc(C(=O)Nc2cc(C)ccc2N)o1. The Labute approximate surface area is 106 Å². The van der Waals surface area contributed by atoms with Crippen LogP contribution in [0.5, 0.6) is 0 Å². The third-order valence-electron chi connectivity index (χ3n) is 2.69. The van der Waals surface area contributed by atoms with E-state index in [1.165, 1.54) is 0 Å². The highest BCUT2D eigenvalue weighted by molar-refractivity contribution is 6.03. The number of rotatable bonds is 3. The third-order valence-corrected chi connectivity index (χ3v) is 2.69. The van der Waals surface area contributed by atoms with Crippen LogP contribution in [0.25, 0.3) is 0 Å². The first-order chi connectivity index (χ1) is 8.60. The van der Waals surface area contributed by atoms with Crippen molar-refractivity contribution in [2.24, 2.45) is 0 Å². The molecule has 1 aromatic carbocycles. The Hall–Kier alpha value is -2.23. The van der Waals surface area contributed by atoms with E-state index < -0.39 is 0 Å². The summed E-state index contributed by atoms with van der Waals surface area (Å²) in [5.74, 6) is 0.803. The van der Waals surface area contributed by atoms with Crippen LogP contribution in [0, 0.1) is 6.92 Å². The van der Waals surface area contributed by atoms with Crippen LogP contribution < -0.4 is 11.1 Å². The van der Waals surface area contributed by atoms with Crippen molar-refractivity contribution in [2.45, 2.75) is 20.3 Å². The van der Waals surface area contributed by atoms with Crippen molar-refractivity contribution in [1.82, 2.24) is 0 Å². The number of anilines is 2. The Bertz CT molecular complexity index is 573. The standard InChI is InChI=1S/C14H16N2O2/c1-3-10-5-7-13(18-10)14(17)16-12-8-9(2)4-6-11(12)15/h4-8H,3,15H2,1-2H3,(H,16,17). The van der Waals surface area contributed by atoms with Crippen LogP contribution in [-0.2, 0) is 6.42 Å². The number of aryl methyl sites for hydroxylation is 2. The van der Waals surface area contributed by atoms with Crippen LogP contribution in [-0.4, -0.2) is 5.91 Å². The molecule has 4 heteroatoms. The second-order valence-electron chi connectivity index (χ2n) is 4.16. The van der Waals surface area contributed by atoms with Crippen molar-refractivity contribution in [1.29, 1.82) is 0 Å². The number of carbonyl (C=O) groups is 1. The van der Waals surface area contributed by atoms with E-state index in [4.69, 9.17) is 10.2 Å². The van der Waals surface area contributed by atoms with Crippen LogP contribution in [0.4, 0.5) is 11.4 Å². The molecule has 2 aromatic rings. The average Bonchev–Trinajstić information content (AvgIpc) is 2.82. The molecular formula is C14H16N2O2. The number of nitrogen functional groups attached to an aromatic ring is 1. The second kappa shape index (κ2) is 4.96. The second-order valence-corrected chi connectivity index (χ2v) is 4.16. The lowest BCUT2D eigenvalue weighted by atomic mass is 10.2. The molecule has 1 amide bonds. The van der Waals surface area contributed by atoms with Gasteiger partial charge in [0.15, 0.2) is 5.76 Å². The Kier molecular flexibility index (Phi) is 3.37. The first-order valence-electron chi connectivity index (χ1n) is 5.86. The van der Waals surface area contributed by atoms with Crippen LogP contribution in [0.3, 0.4) is 0 Å². The van der Waals surface area contributed by atoms with E-state index in [9.17, 15) is 4.79 Å².